The van der Waals surface area contributed by atoms with Crippen molar-refractivity contribution in [3.8, 4) is 17.2 Å². The highest BCUT2D eigenvalue weighted by atomic mass is 31.2. The molecule has 3 aromatic carbocycles. The monoisotopic (exact) mass is 1720 g/mol. The minimum absolute atomic E-state index is 0.149. The molecule has 4 unspecified atom stereocenters. The van der Waals surface area contributed by atoms with E-state index in [0.717, 1.165) is 18.6 Å². The number of halogens is 6. The molecule has 42 heteroatoms. The van der Waals surface area contributed by atoms with Gasteiger partial charge < -0.3 is 74.5 Å². The zero-order valence-corrected chi connectivity index (χ0v) is 69.7. The Bertz CT molecular complexity index is 4240. The predicted octanol–water partition coefficient (Wildman–Crippen LogP) is 10.2. The Labute approximate surface area is 670 Å². The van der Waals surface area contributed by atoms with Crippen LogP contribution in [0, 0.1) is 17.8 Å². The average Bonchev–Trinajstić information content (AvgIpc) is 1.60. The molecule has 3 aliphatic rings. The highest BCUT2D eigenvalue weighted by Gasteiger charge is 2.67. The van der Waals surface area contributed by atoms with Crippen LogP contribution in [-0.4, -0.2) is 189 Å². The van der Waals surface area contributed by atoms with Crippen molar-refractivity contribution in [1.29, 1.82) is 0 Å². The van der Waals surface area contributed by atoms with Crippen LogP contribution in [0.5, 0.6) is 17.2 Å². The number of esters is 3. The lowest BCUT2D eigenvalue weighted by Crippen LogP contribution is -2.51. The predicted molar refractivity (Wildman–Crippen MR) is 413 cm³/mol. The molecule has 3 fully saturated rings. The molecule has 18 atom stereocenters. The summed E-state index contributed by atoms with van der Waals surface area (Å²) in [5, 5.41) is 32.7. The summed E-state index contributed by atoms with van der Waals surface area (Å²) in [7, 11) is -12.8. The fourth-order valence-electron chi connectivity index (χ4n) is 12.7. The molecule has 648 valence electrons. The first-order valence-corrected chi connectivity index (χ1v) is 42.1. The maximum Gasteiger partial charge on any atom is 0.380 e. The number of aromatic nitrogens is 6. The number of hydrogen-bond donors (Lipinski definition) is 6. The van der Waals surface area contributed by atoms with Crippen LogP contribution in [0.25, 0.3) is 0 Å². The van der Waals surface area contributed by atoms with Crippen molar-refractivity contribution < 1.29 is 125 Å². The highest BCUT2D eigenvalue weighted by molar-refractivity contribution is 7.55. The summed E-state index contributed by atoms with van der Waals surface area (Å²) in [5.41, 5.74) is -1.28. The number of nitrogens with two attached hydrogens (primary N) is 3. The van der Waals surface area contributed by atoms with Gasteiger partial charge in [-0.3, -0.25) is 41.7 Å². The van der Waals surface area contributed by atoms with Gasteiger partial charge in [-0.2, -0.15) is 15.0 Å². The Morgan fingerprint density at radius 3 is 0.829 bits per heavy atom. The molecule has 0 spiro atoms. The van der Waals surface area contributed by atoms with Gasteiger partial charge in [0.1, 0.15) is 108 Å². The van der Waals surface area contributed by atoms with E-state index in [1.165, 1.54) is 117 Å². The molecule has 0 saturated carbocycles. The number of nitrogens with zero attached hydrogens (tertiary/aromatic N) is 6. The quantitative estimate of drug-likeness (QED) is 0.00965. The van der Waals surface area contributed by atoms with Gasteiger partial charge in [0.25, 0.3) is 0 Å². The van der Waals surface area contributed by atoms with Gasteiger partial charge in [-0.1, -0.05) is 75.4 Å². The number of ether oxygens (including phenoxy) is 6. The topological polar surface area (TPSA) is 457 Å². The summed E-state index contributed by atoms with van der Waals surface area (Å²) in [4.78, 5) is 85.0. The number of carbonyl (C=O) groups excluding carboxylic acids is 3. The first kappa shape index (κ1) is 95.6. The van der Waals surface area contributed by atoms with E-state index in [1.54, 1.807) is 96.1 Å². The molecular formula is C75H102F6N9O24P3. The Kier molecular flexibility index (Phi) is 31.6. The largest absolute Gasteiger partial charge is 0.463 e. The van der Waals surface area contributed by atoms with E-state index in [0.29, 0.717) is 13.7 Å². The summed E-state index contributed by atoms with van der Waals surface area (Å²) in [6.07, 6.45) is -16.6. The van der Waals surface area contributed by atoms with Crippen LogP contribution >= 0.6 is 22.8 Å². The molecule has 6 aromatic rings. The van der Waals surface area contributed by atoms with Gasteiger partial charge in [0.15, 0.2) is 18.7 Å². The van der Waals surface area contributed by atoms with Crippen molar-refractivity contribution in [1.82, 2.24) is 28.7 Å². The van der Waals surface area contributed by atoms with Crippen molar-refractivity contribution in [2.75, 3.05) is 55.7 Å². The molecule has 117 heavy (non-hydrogen) atoms. The van der Waals surface area contributed by atoms with Gasteiger partial charge >= 0.3 is 57.8 Å². The second kappa shape index (κ2) is 38.6. The number of nitrogen functional groups attached to an aromatic ring is 3. The van der Waals surface area contributed by atoms with Crippen LogP contribution in [0.3, 0.4) is 0 Å². The van der Waals surface area contributed by atoms with E-state index in [-0.39, 0.29) is 34.7 Å². The summed E-state index contributed by atoms with van der Waals surface area (Å²) in [6.45, 7) is 17.3. The number of carbonyl (C=O) groups is 3. The molecule has 0 aliphatic carbocycles. The minimum atomic E-state index is -4.26. The maximum atomic E-state index is 15.9. The normalized spacial score (nSPS) is 25.7. The number of alkyl halides is 6. The molecular weight excluding hydrogens is 1620 g/mol. The fourth-order valence-corrected chi connectivity index (χ4v) is 19.5. The van der Waals surface area contributed by atoms with Gasteiger partial charge in [-0.15, -0.1) is 0 Å². The average molecular weight is 1720 g/mol. The first-order chi connectivity index (χ1) is 54.3. The summed E-state index contributed by atoms with van der Waals surface area (Å²) in [6, 6.07) is 27.6. The van der Waals surface area contributed by atoms with E-state index in [4.69, 9.17) is 72.8 Å². The molecule has 3 aliphatic heterocycles. The van der Waals surface area contributed by atoms with Crippen LogP contribution in [-0.2, 0) is 70.1 Å². The molecule has 33 nitrogen and oxygen atoms in total. The van der Waals surface area contributed by atoms with E-state index >= 15 is 13.2 Å². The Morgan fingerprint density at radius 2 is 0.641 bits per heavy atom. The van der Waals surface area contributed by atoms with E-state index < -0.39 is 221 Å². The molecule has 0 amide bonds. The molecule has 0 radical (unpaired) electrons. The zero-order chi connectivity index (χ0) is 87.5. The third kappa shape index (κ3) is 23.5. The SMILES string of the molecule is CC(C)OC(=O)[C@H](C)CP(=O)(Oc1ccccc1)OC(C)(C)[C@H]1O[C@@H](n2ccc(N)nc2=O)C(F)(CF)[C@H]1O.CC(C)OC(=O)[C@H](C)C[P@@](=O)(Oc1ccccc1)OC(C)(C)[C@H]1O[C@@H](n2ccc(N)nc2=O)C(F)(CF)[C@H]1O.CC(C)OC(=O)[C@H](C)C[P@](=O)(Oc1ccccc1)OC(C)(C)[C@H]1O[C@@H](n2ccc(N)nc2=O)C(F)(CF)[C@H]1O. The smallest absolute Gasteiger partial charge is 0.380 e. The van der Waals surface area contributed by atoms with Crippen LogP contribution in [0.15, 0.2) is 142 Å². The fraction of sp³-hybridized carbons (Fsp3) is 0.560. The third-order valence-corrected chi connectivity index (χ3v) is 24.9. The number of anilines is 3. The summed E-state index contributed by atoms with van der Waals surface area (Å²) in [5.74, 6) is -4.71. The lowest BCUT2D eigenvalue weighted by Gasteiger charge is -2.36. The van der Waals surface area contributed by atoms with Crippen LogP contribution in [0.4, 0.5) is 43.8 Å². The number of aliphatic hydroxyl groups excluding tert-OH is 3. The Hall–Kier alpha value is -8.58. The number of para-hydroxylation sites is 3. The van der Waals surface area contributed by atoms with Crippen molar-refractivity contribution in [2.45, 2.75) is 211 Å². The number of hydrogen-bond acceptors (Lipinski definition) is 30. The van der Waals surface area contributed by atoms with Gasteiger partial charge in [0.2, 0.25) is 17.0 Å². The van der Waals surface area contributed by atoms with E-state index in [2.05, 4.69) is 15.0 Å². The molecule has 3 aromatic heterocycles. The lowest BCUT2D eigenvalue weighted by molar-refractivity contribution is -0.152. The van der Waals surface area contributed by atoms with Gasteiger partial charge in [-0.05, 0) is 138 Å². The maximum absolute atomic E-state index is 15.9. The van der Waals surface area contributed by atoms with Crippen molar-refractivity contribution in [3.05, 3.63) is 159 Å². The molecule has 3 saturated heterocycles. The van der Waals surface area contributed by atoms with Crippen LogP contribution in [0.1, 0.15) is 123 Å². The Balaban J connectivity index is 0.000000242. The standard InChI is InChI=1S/3C25H34F2N3O8P/c3*1-15(2)35-21(32)16(3)13-39(34,37-17-9-7-6-8-10-17)38-24(4,5)20-19(31)25(27,14-26)22(36-20)30-12-11-18(28)29-23(30)33/h3*6-12,15-16,19-20,22,31H,13-14H2,1-5H3,(H2,28,29,33)/t16-,19+,20+,22-,25?,39?;16-,19+,20+,22-,25?,39+;16-,19+,20+,22-,25?,39-/m111/s1. The molecule has 9 N–H and O–H groups in total. The molecule has 0 bridgehead atoms. The highest BCUT2D eigenvalue weighted by Crippen LogP contribution is 2.60. The lowest BCUT2D eigenvalue weighted by atomic mass is 9.89. The van der Waals surface area contributed by atoms with E-state index in [9.17, 15) is 71.0 Å². The second-order valence-corrected chi connectivity index (χ2v) is 36.6. The van der Waals surface area contributed by atoms with Crippen LogP contribution in [0.2, 0.25) is 0 Å². The van der Waals surface area contributed by atoms with Crippen LogP contribution < -0.4 is 47.8 Å². The number of benzene rings is 3. The van der Waals surface area contributed by atoms with Gasteiger partial charge in [-0.25, -0.2) is 54.4 Å². The molecule has 6 heterocycles. The van der Waals surface area contributed by atoms with E-state index in [1.807, 2.05) is 0 Å². The van der Waals surface area contributed by atoms with Gasteiger partial charge in [0, 0.05) is 18.6 Å². The zero-order valence-electron chi connectivity index (χ0n) is 67.0. The summed E-state index contributed by atoms with van der Waals surface area (Å²) < 4.78 is 202. The van der Waals surface area contributed by atoms with Crippen molar-refractivity contribution in [2.24, 2.45) is 17.8 Å². The molecule has 9 rings (SSSR count). The second-order valence-electron chi connectivity index (χ2n) is 30.7. The summed E-state index contributed by atoms with van der Waals surface area (Å²) >= 11 is 0. The third-order valence-electron chi connectivity index (χ3n) is 18.2. The Morgan fingerprint density at radius 1 is 0.427 bits per heavy atom. The number of aliphatic hydroxyl groups is 3. The minimum Gasteiger partial charge on any atom is -0.463 e. The first-order valence-electron chi connectivity index (χ1n) is 36.9. The van der Waals surface area contributed by atoms with Crippen molar-refractivity contribution >= 4 is 58.1 Å². The van der Waals surface area contributed by atoms with Gasteiger partial charge in [0.05, 0.1) is 54.6 Å². The van der Waals surface area contributed by atoms with Crippen molar-refractivity contribution in [3.63, 3.8) is 0 Å². The number of rotatable bonds is 33.